The van der Waals surface area contributed by atoms with Crippen molar-refractivity contribution < 1.29 is 9.31 Å². The first-order chi connectivity index (χ1) is 7.09. The number of non-ortho nitro benzene ring substituents is 1. The highest BCUT2D eigenvalue weighted by atomic mass is 35.5. The maximum Gasteiger partial charge on any atom is 0.298 e. The summed E-state index contributed by atoms with van der Waals surface area (Å²) in [7, 11) is 0. The van der Waals surface area contributed by atoms with Crippen molar-refractivity contribution in [2.24, 2.45) is 0 Å². The molecular formula is C8H3ClFN3O2. The molecule has 0 N–H and O–H groups in total. The third-order valence-electron chi connectivity index (χ3n) is 1.83. The first kappa shape index (κ1) is 9.72. The van der Waals surface area contributed by atoms with Gasteiger partial charge in [-0.2, -0.15) is 0 Å². The van der Waals surface area contributed by atoms with Gasteiger partial charge in [-0.15, -0.1) is 0 Å². The highest BCUT2D eigenvalue weighted by molar-refractivity contribution is 6.34. The fourth-order valence-electron chi connectivity index (χ4n) is 1.22. The van der Waals surface area contributed by atoms with E-state index in [0.29, 0.717) is 0 Å². The standard InChI is InChI=1S/C8H3ClFN3O2/c9-8-5-1-4(10)2-6(13(14)15)7(5)11-3-12-8/h1-3H. The molecule has 0 bridgehead atoms. The number of fused-ring (bicyclic) bond motifs is 1. The van der Waals surface area contributed by atoms with Gasteiger partial charge < -0.3 is 0 Å². The highest BCUT2D eigenvalue weighted by Crippen LogP contribution is 2.28. The molecule has 0 aliphatic rings. The Hall–Kier alpha value is -1.82. The van der Waals surface area contributed by atoms with Gasteiger partial charge in [-0.3, -0.25) is 10.1 Å². The molecule has 0 aliphatic carbocycles. The Balaban J connectivity index is 2.92. The molecular weight excluding hydrogens is 225 g/mol. The summed E-state index contributed by atoms with van der Waals surface area (Å²) in [5.41, 5.74) is -0.393. The Kier molecular flexibility index (Phi) is 2.20. The van der Waals surface area contributed by atoms with E-state index in [0.717, 1.165) is 18.5 Å². The molecule has 1 heterocycles. The Morgan fingerprint density at radius 1 is 1.40 bits per heavy atom. The lowest BCUT2D eigenvalue weighted by molar-refractivity contribution is -0.383. The molecule has 2 rings (SSSR count). The molecule has 0 saturated carbocycles. The van der Waals surface area contributed by atoms with Gasteiger partial charge in [0.15, 0.2) is 5.52 Å². The highest BCUT2D eigenvalue weighted by Gasteiger charge is 2.17. The fourth-order valence-corrected chi connectivity index (χ4v) is 1.41. The van der Waals surface area contributed by atoms with Crippen LogP contribution in [0.1, 0.15) is 0 Å². The molecule has 0 atom stereocenters. The minimum Gasteiger partial charge on any atom is -0.258 e. The minimum absolute atomic E-state index is 0.0115. The number of halogens is 2. The monoisotopic (exact) mass is 227 g/mol. The van der Waals surface area contributed by atoms with Gasteiger partial charge in [-0.25, -0.2) is 14.4 Å². The molecule has 0 spiro atoms. The molecule has 0 radical (unpaired) electrons. The summed E-state index contributed by atoms with van der Waals surface area (Å²) >= 11 is 5.67. The second kappa shape index (κ2) is 3.39. The number of hydrogen-bond acceptors (Lipinski definition) is 4. The molecule has 5 nitrogen and oxygen atoms in total. The molecule has 0 aliphatic heterocycles. The Labute approximate surface area is 87.7 Å². The quantitative estimate of drug-likeness (QED) is 0.426. The maximum atomic E-state index is 13.0. The zero-order valence-electron chi connectivity index (χ0n) is 7.15. The van der Waals surface area contributed by atoms with E-state index in [4.69, 9.17) is 11.6 Å². The van der Waals surface area contributed by atoms with Gasteiger partial charge in [0.05, 0.1) is 11.0 Å². The van der Waals surface area contributed by atoms with E-state index in [1.165, 1.54) is 0 Å². The maximum absolute atomic E-state index is 13.0. The number of nitrogens with zero attached hydrogens (tertiary/aromatic N) is 3. The number of nitro benzene ring substituents is 1. The van der Waals surface area contributed by atoms with Crippen molar-refractivity contribution in [1.29, 1.82) is 0 Å². The van der Waals surface area contributed by atoms with Gasteiger partial charge in [-0.1, -0.05) is 11.6 Å². The Morgan fingerprint density at radius 2 is 2.13 bits per heavy atom. The van der Waals surface area contributed by atoms with Gasteiger partial charge >= 0.3 is 0 Å². The predicted molar refractivity (Wildman–Crippen MR) is 51.2 cm³/mol. The van der Waals surface area contributed by atoms with Crippen LogP contribution in [0.2, 0.25) is 5.15 Å². The van der Waals surface area contributed by atoms with Gasteiger partial charge in [0.25, 0.3) is 5.69 Å². The number of nitro groups is 1. The van der Waals surface area contributed by atoms with Gasteiger partial charge in [0.2, 0.25) is 0 Å². The van der Waals surface area contributed by atoms with Gasteiger partial charge in [0, 0.05) is 5.39 Å². The van der Waals surface area contributed by atoms with Crippen LogP contribution in [0.4, 0.5) is 10.1 Å². The van der Waals surface area contributed by atoms with Crippen LogP contribution < -0.4 is 0 Å². The van der Waals surface area contributed by atoms with Crippen LogP contribution in [-0.2, 0) is 0 Å². The summed E-state index contributed by atoms with van der Waals surface area (Å²) in [6.07, 6.45) is 1.09. The van der Waals surface area contributed by atoms with E-state index < -0.39 is 16.4 Å². The van der Waals surface area contributed by atoms with E-state index >= 15 is 0 Å². The lowest BCUT2D eigenvalue weighted by Gasteiger charge is -1.99. The largest absolute Gasteiger partial charge is 0.298 e. The lowest BCUT2D eigenvalue weighted by atomic mass is 10.2. The van der Waals surface area contributed by atoms with Crippen LogP contribution >= 0.6 is 11.6 Å². The van der Waals surface area contributed by atoms with E-state index in [-0.39, 0.29) is 16.1 Å². The third-order valence-corrected chi connectivity index (χ3v) is 2.13. The Morgan fingerprint density at radius 3 is 2.80 bits per heavy atom. The molecule has 0 fully saturated rings. The van der Waals surface area contributed by atoms with Crippen molar-refractivity contribution in [3.8, 4) is 0 Å². The van der Waals surface area contributed by atoms with E-state index in [2.05, 4.69) is 9.97 Å². The van der Waals surface area contributed by atoms with Crippen molar-refractivity contribution in [2.75, 3.05) is 0 Å². The minimum atomic E-state index is -0.745. The molecule has 1 aromatic heterocycles. The molecule has 1 aromatic carbocycles. The number of aromatic nitrogens is 2. The summed E-state index contributed by atoms with van der Waals surface area (Å²) in [5, 5.41) is 10.7. The summed E-state index contributed by atoms with van der Waals surface area (Å²) in [5.74, 6) is -0.745. The zero-order valence-corrected chi connectivity index (χ0v) is 7.90. The van der Waals surface area contributed by atoms with Crippen LogP contribution in [0.25, 0.3) is 10.9 Å². The number of hydrogen-bond donors (Lipinski definition) is 0. The molecule has 2 aromatic rings. The number of benzene rings is 1. The predicted octanol–water partition coefficient (Wildman–Crippen LogP) is 2.33. The third kappa shape index (κ3) is 1.59. The van der Waals surface area contributed by atoms with Crippen LogP contribution in [0.5, 0.6) is 0 Å². The van der Waals surface area contributed by atoms with E-state index in [1.807, 2.05) is 0 Å². The van der Waals surface area contributed by atoms with E-state index in [9.17, 15) is 14.5 Å². The summed E-state index contributed by atoms with van der Waals surface area (Å²) < 4.78 is 13.0. The SMILES string of the molecule is O=[N+]([O-])c1cc(F)cc2c(Cl)ncnc12. The molecule has 76 valence electrons. The topological polar surface area (TPSA) is 68.9 Å². The summed E-state index contributed by atoms with van der Waals surface area (Å²) in [6, 6.07) is 1.86. The Bertz CT molecular complexity index is 561. The second-order valence-corrected chi connectivity index (χ2v) is 3.10. The fraction of sp³-hybridized carbons (Fsp3) is 0. The molecule has 0 saturated heterocycles. The van der Waals surface area contributed by atoms with E-state index in [1.54, 1.807) is 0 Å². The molecule has 0 unspecified atom stereocenters. The second-order valence-electron chi connectivity index (χ2n) is 2.74. The van der Waals surface area contributed by atoms with Crippen molar-refractivity contribution >= 4 is 28.2 Å². The average molecular weight is 228 g/mol. The smallest absolute Gasteiger partial charge is 0.258 e. The van der Waals surface area contributed by atoms with Crippen LogP contribution in [0.15, 0.2) is 18.5 Å². The van der Waals surface area contributed by atoms with Crippen molar-refractivity contribution in [3.05, 3.63) is 39.5 Å². The lowest BCUT2D eigenvalue weighted by Crippen LogP contribution is -1.94. The van der Waals surface area contributed by atoms with Gasteiger partial charge in [0.1, 0.15) is 17.3 Å². The van der Waals surface area contributed by atoms with Gasteiger partial charge in [-0.05, 0) is 6.07 Å². The van der Waals surface area contributed by atoms with Crippen molar-refractivity contribution in [3.63, 3.8) is 0 Å². The first-order valence-corrected chi connectivity index (χ1v) is 4.21. The molecule has 0 amide bonds. The van der Waals surface area contributed by atoms with Crippen molar-refractivity contribution in [2.45, 2.75) is 0 Å². The average Bonchev–Trinajstić information content (AvgIpc) is 2.18. The normalized spacial score (nSPS) is 10.5. The molecule has 7 heteroatoms. The first-order valence-electron chi connectivity index (χ1n) is 3.84. The molecule has 15 heavy (non-hydrogen) atoms. The summed E-state index contributed by atoms with van der Waals surface area (Å²) in [4.78, 5) is 17.2. The van der Waals surface area contributed by atoms with Crippen molar-refractivity contribution in [1.82, 2.24) is 9.97 Å². The zero-order chi connectivity index (χ0) is 11.0. The van der Waals surface area contributed by atoms with Crippen LogP contribution in [-0.4, -0.2) is 14.9 Å². The number of rotatable bonds is 1. The summed E-state index contributed by atoms with van der Waals surface area (Å²) in [6.45, 7) is 0. The van der Waals surface area contributed by atoms with Crippen LogP contribution in [0, 0.1) is 15.9 Å². The van der Waals surface area contributed by atoms with Crippen LogP contribution in [0.3, 0.4) is 0 Å².